The number of aromatic nitrogens is 1. The van der Waals surface area contributed by atoms with Crippen molar-refractivity contribution >= 4 is 56.8 Å². The van der Waals surface area contributed by atoms with Gasteiger partial charge in [0.25, 0.3) is 0 Å². The van der Waals surface area contributed by atoms with Crippen LogP contribution in [0.15, 0.2) is 18.2 Å². The number of carbonyl (C=O) groups is 3. The first-order valence-electron chi connectivity index (χ1n) is 9.51. The molecule has 8 nitrogen and oxygen atoms in total. The summed E-state index contributed by atoms with van der Waals surface area (Å²) in [5, 5.41) is 0.363. The Morgan fingerprint density at radius 2 is 1.90 bits per heavy atom. The predicted octanol–water partition coefficient (Wildman–Crippen LogP) is 1.67. The van der Waals surface area contributed by atoms with E-state index in [-0.39, 0.29) is 49.1 Å². The number of thiazole rings is 1. The van der Waals surface area contributed by atoms with Gasteiger partial charge in [0.15, 0.2) is 5.13 Å². The van der Waals surface area contributed by atoms with E-state index < -0.39 is 11.7 Å². The minimum Gasteiger partial charge on any atom is -0.379 e. The summed E-state index contributed by atoms with van der Waals surface area (Å²) in [5.74, 6) is -1.53. The molecule has 2 fully saturated rings. The van der Waals surface area contributed by atoms with Crippen LogP contribution in [0.3, 0.4) is 0 Å². The molecule has 0 bridgehead atoms. The number of imide groups is 1. The second-order valence-electron chi connectivity index (χ2n) is 6.96. The van der Waals surface area contributed by atoms with Crippen LogP contribution in [-0.4, -0.2) is 78.4 Å². The van der Waals surface area contributed by atoms with Gasteiger partial charge in [-0.15, -0.1) is 12.4 Å². The third-order valence-electron chi connectivity index (χ3n) is 5.08. The third-order valence-corrected chi connectivity index (χ3v) is 6.13. The molecule has 2 aromatic rings. The van der Waals surface area contributed by atoms with E-state index in [0.717, 1.165) is 18.0 Å². The number of carbonyl (C=O) groups excluding carboxylic acids is 3. The molecule has 3 heterocycles. The zero-order valence-electron chi connectivity index (χ0n) is 16.2. The molecule has 1 aromatic heterocycles. The van der Waals surface area contributed by atoms with Crippen LogP contribution < -0.4 is 4.90 Å². The Morgan fingerprint density at radius 3 is 2.57 bits per heavy atom. The molecule has 0 aliphatic carbocycles. The van der Waals surface area contributed by atoms with Gasteiger partial charge in [-0.05, 0) is 12.1 Å². The molecule has 1 aromatic carbocycles. The van der Waals surface area contributed by atoms with Gasteiger partial charge in [-0.3, -0.25) is 29.1 Å². The van der Waals surface area contributed by atoms with Crippen LogP contribution in [0.25, 0.3) is 10.2 Å². The predicted molar refractivity (Wildman–Crippen MR) is 112 cm³/mol. The average molecular weight is 457 g/mol. The van der Waals surface area contributed by atoms with Crippen LogP contribution in [-0.2, 0) is 19.1 Å². The van der Waals surface area contributed by atoms with Crippen molar-refractivity contribution in [3.63, 3.8) is 0 Å². The van der Waals surface area contributed by atoms with Gasteiger partial charge in [-0.2, -0.15) is 0 Å². The minimum absolute atomic E-state index is 0. The Kier molecular flexibility index (Phi) is 7.35. The molecule has 0 radical (unpaired) electrons. The number of hydrogen-bond donors (Lipinski definition) is 0. The molecule has 11 heteroatoms. The number of benzene rings is 1. The standard InChI is InChI=1S/C19H21FN4O4S.ClH/c20-13-2-1-3-14-18(13)21-19(29-14)23(7-6-22-8-10-28-11-9-22)17(27)12-24-15(25)4-5-16(24)26;/h1-3H,4-12H2;1H. The highest BCUT2D eigenvalue weighted by molar-refractivity contribution is 7.22. The van der Waals surface area contributed by atoms with E-state index in [9.17, 15) is 18.8 Å². The third kappa shape index (κ3) is 4.77. The second-order valence-corrected chi connectivity index (χ2v) is 7.97. The van der Waals surface area contributed by atoms with Gasteiger partial charge in [0.05, 0.1) is 17.9 Å². The molecular formula is C19H22ClFN4O4S. The molecule has 3 amide bonds. The van der Waals surface area contributed by atoms with Crippen LogP contribution >= 0.6 is 23.7 Å². The van der Waals surface area contributed by atoms with Crippen molar-refractivity contribution in [2.75, 3.05) is 50.8 Å². The normalized spacial score (nSPS) is 17.4. The number of halogens is 2. The number of ether oxygens (including phenoxy) is 1. The molecule has 0 spiro atoms. The van der Waals surface area contributed by atoms with E-state index in [0.29, 0.717) is 36.1 Å². The molecule has 0 N–H and O–H groups in total. The van der Waals surface area contributed by atoms with Crippen LogP contribution in [0, 0.1) is 5.82 Å². The van der Waals surface area contributed by atoms with Crippen molar-refractivity contribution in [2.24, 2.45) is 0 Å². The summed E-state index contributed by atoms with van der Waals surface area (Å²) >= 11 is 1.22. The Bertz CT molecular complexity index is 934. The van der Waals surface area contributed by atoms with Gasteiger partial charge < -0.3 is 4.74 Å². The lowest BCUT2D eigenvalue weighted by atomic mass is 10.3. The Hall–Kier alpha value is -2.14. The van der Waals surface area contributed by atoms with E-state index in [1.54, 1.807) is 12.1 Å². The van der Waals surface area contributed by atoms with Gasteiger partial charge in [-0.25, -0.2) is 9.37 Å². The molecule has 0 unspecified atom stereocenters. The maximum absolute atomic E-state index is 14.1. The van der Waals surface area contributed by atoms with Crippen LogP contribution in [0.4, 0.5) is 9.52 Å². The summed E-state index contributed by atoms with van der Waals surface area (Å²) in [4.78, 5) is 45.8. The highest BCUT2D eigenvalue weighted by Crippen LogP contribution is 2.30. The number of likely N-dealkylation sites (tertiary alicyclic amines) is 1. The molecule has 2 aliphatic heterocycles. The number of para-hydroxylation sites is 1. The fourth-order valence-corrected chi connectivity index (χ4v) is 4.46. The van der Waals surface area contributed by atoms with Gasteiger partial charge >= 0.3 is 0 Å². The maximum atomic E-state index is 14.1. The highest BCUT2D eigenvalue weighted by Gasteiger charge is 2.33. The Morgan fingerprint density at radius 1 is 1.20 bits per heavy atom. The number of hydrogen-bond acceptors (Lipinski definition) is 7. The van der Waals surface area contributed by atoms with E-state index in [4.69, 9.17) is 4.74 Å². The van der Waals surface area contributed by atoms with Gasteiger partial charge in [0.2, 0.25) is 17.7 Å². The zero-order chi connectivity index (χ0) is 20.4. The Balaban J connectivity index is 0.00000256. The number of nitrogens with zero attached hydrogens (tertiary/aromatic N) is 4. The molecule has 30 heavy (non-hydrogen) atoms. The minimum atomic E-state index is -0.449. The molecular weight excluding hydrogens is 435 g/mol. The molecule has 2 saturated heterocycles. The summed E-state index contributed by atoms with van der Waals surface area (Å²) in [7, 11) is 0. The lowest BCUT2D eigenvalue weighted by molar-refractivity contribution is -0.141. The SMILES string of the molecule is Cl.O=C1CCC(=O)N1CC(=O)N(CCN1CCOCC1)c1nc2c(F)cccc2s1. The quantitative estimate of drug-likeness (QED) is 0.615. The average Bonchev–Trinajstić information content (AvgIpc) is 3.28. The van der Waals surface area contributed by atoms with Crippen molar-refractivity contribution in [1.82, 2.24) is 14.8 Å². The maximum Gasteiger partial charge on any atom is 0.248 e. The first-order chi connectivity index (χ1) is 14.0. The van der Waals surface area contributed by atoms with Crippen molar-refractivity contribution in [2.45, 2.75) is 12.8 Å². The van der Waals surface area contributed by atoms with Gasteiger partial charge in [0, 0.05) is 39.0 Å². The number of amides is 3. The van der Waals surface area contributed by atoms with Crippen LogP contribution in [0.5, 0.6) is 0 Å². The first-order valence-corrected chi connectivity index (χ1v) is 10.3. The van der Waals surface area contributed by atoms with Crippen molar-refractivity contribution in [3.05, 3.63) is 24.0 Å². The van der Waals surface area contributed by atoms with Gasteiger partial charge in [0.1, 0.15) is 17.9 Å². The lowest BCUT2D eigenvalue weighted by Gasteiger charge is -2.29. The molecule has 2 aliphatic rings. The van der Waals surface area contributed by atoms with E-state index in [2.05, 4.69) is 9.88 Å². The number of fused-ring (bicyclic) bond motifs is 1. The number of anilines is 1. The molecule has 4 rings (SSSR count). The highest BCUT2D eigenvalue weighted by atomic mass is 35.5. The molecule has 0 atom stereocenters. The summed E-state index contributed by atoms with van der Waals surface area (Å²) in [6.45, 7) is 3.40. The van der Waals surface area contributed by atoms with E-state index in [1.165, 1.54) is 22.3 Å². The fraction of sp³-hybridized carbons (Fsp3) is 0.474. The van der Waals surface area contributed by atoms with Crippen LogP contribution in [0.2, 0.25) is 0 Å². The number of rotatable bonds is 6. The van der Waals surface area contributed by atoms with Crippen molar-refractivity contribution in [1.29, 1.82) is 0 Å². The van der Waals surface area contributed by atoms with Crippen molar-refractivity contribution < 1.29 is 23.5 Å². The summed E-state index contributed by atoms with van der Waals surface area (Å²) < 4.78 is 20.1. The summed E-state index contributed by atoms with van der Waals surface area (Å²) in [5.41, 5.74) is 0.213. The first kappa shape index (κ1) is 22.5. The Labute approximate surface area is 183 Å². The molecule has 0 saturated carbocycles. The second kappa shape index (κ2) is 9.78. The topological polar surface area (TPSA) is 83.1 Å². The lowest BCUT2D eigenvalue weighted by Crippen LogP contribution is -2.47. The smallest absolute Gasteiger partial charge is 0.248 e. The summed E-state index contributed by atoms with van der Waals surface area (Å²) in [6.07, 6.45) is 0.262. The summed E-state index contributed by atoms with van der Waals surface area (Å²) in [6, 6.07) is 4.67. The van der Waals surface area contributed by atoms with Crippen molar-refractivity contribution in [3.8, 4) is 0 Å². The largest absolute Gasteiger partial charge is 0.379 e. The fourth-order valence-electron chi connectivity index (χ4n) is 3.43. The monoisotopic (exact) mass is 456 g/mol. The zero-order valence-corrected chi connectivity index (χ0v) is 17.8. The van der Waals surface area contributed by atoms with E-state index in [1.807, 2.05) is 0 Å². The molecule has 162 valence electrons. The van der Waals surface area contributed by atoms with E-state index >= 15 is 0 Å². The van der Waals surface area contributed by atoms with Gasteiger partial charge in [-0.1, -0.05) is 17.4 Å². The number of morpholine rings is 1. The van der Waals surface area contributed by atoms with Crippen LogP contribution in [0.1, 0.15) is 12.8 Å².